The third-order valence-corrected chi connectivity index (χ3v) is 4.06. The summed E-state index contributed by atoms with van der Waals surface area (Å²) in [7, 11) is 1.84. The maximum atomic E-state index is 4.19. The largest absolute Gasteiger partial charge is 0.372 e. The van der Waals surface area contributed by atoms with Crippen molar-refractivity contribution in [1.29, 1.82) is 0 Å². The van der Waals surface area contributed by atoms with Gasteiger partial charge in [0.25, 0.3) is 0 Å². The molecule has 1 atom stereocenters. The van der Waals surface area contributed by atoms with E-state index < -0.39 is 0 Å². The first-order chi connectivity index (χ1) is 7.69. The van der Waals surface area contributed by atoms with Gasteiger partial charge in [0, 0.05) is 18.8 Å². The Labute approximate surface area is 109 Å². The molecule has 0 aliphatic rings. The molecule has 4 nitrogen and oxygen atoms in total. The minimum Gasteiger partial charge on any atom is -0.372 e. The fourth-order valence-electron chi connectivity index (χ4n) is 1.18. The molecule has 0 aliphatic carbocycles. The molecule has 1 rings (SSSR count). The summed E-state index contributed by atoms with van der Waals surface area (Å²) in [5, 5.41) is 6.97. The highest BCUT2D eigenvalue weighted by molar-refractivity contribution is 9.10. The molecule has 0 amide bonds. The molecule has 0 fully saturated rings. The number of hydrogen-bond donors (Lipinski definition) is 2. The van der Waals surface area contributed by atoms with Crippen LogP contribution in [0.4, 0.5) is 11.6 Å². The highest BCUT2D eigenvalue weighted by atomic mass is 79.9. The average Bonchev–Trinajstić information content (AvgIpc) is 2.31. The smallest absolute Gasteiger partial charge is 0.145 e. The van der Waals surface area contributed by atoms with Crippen molar-refractivity contribution in [2.45, 2.75) is 18.6 Å². The van der Waals surface area contributed by atoms with Crippen molar-refractivity contribution < 1.29 is 0 Å². The highest BCUT2D eigenvalue weighted by Crippen LogP contribution is 2.26. The van der Waals surface area contributed by atoms with Crippen LogP contribution in [0.3, 0.4) is 0 Å². The number of hydrogen-bond acceptors (Lipinski definition) is 5. The van der Waals surface area contributed by atoms with Crippen LogP contribution in [0.25, 0.3) is 0 Å². The molecular formula is C10H17BrN4S. The molecule has 6 heteroatoms. The Morgan fingerprint density at radius 3 is 2.75 bits per heavy atom. The Balaban J connectivity index is 2.54. The van der Waals surface area contributed by atoms with E-state index in [9.17, 15) is 0 Å². The number of thioether (sulfide) groups is 1. The fraction of sp³-hybridized carbons (Fsp3) is 0.600. The molecule has 0 spiro atoms. The minimum absolute atomic E-state index is 0.664. The van der Waals surface area contributed by atoms with Crippen LogP contribution in [-0.2, 0) is 0 Å². The zero-order chi connectivity index (χ0) is 12.0. The Bertz CT molecular complexity index is 335. The van der Waals surface area contributed by atoms with Crippen molar-refractivity contribution >= 4 is 39.3 Å². The van der Waals surface area contributed by atoms with Gasteiger partial charge in [0.05, 0.1) is 0 Å². The maximum Gasteiger partial charge on any atom is 0.145 e. The van der Waals surface area contributed by atoms with Crippen LogP contribution in [0.15, 0.2) is 10.8 Å². The van der Waals surface area contributed by atoms with Gasteiger partial charge in [-0.1, -0.05) is 6.92 Å². The lowest BCUT2D eigenvalue weighted by molar-refractivity contribution is 0.848. The van der Waals surface area contributed by atoms with Gasteiger partial charge in [0.1, 0.15) is 22.4 Å². The van der Waals surface area contributed by atoms with Crippen LogP contribution in [0.1, 0.15) is 13.3 Å². The molecule has 0 saturated heterocycles. The van der Waals surface area contributed by atoms with E-state index in [1.807, 2.05) is 18.8 Å². The van der Waals surface area contributed by atoms with Crippen LogP contribution in [0.5, 0.6) is 0 Å². The number of nitrogens with one attached hydrogen (secondary N) is 2. The van der Waals surface area contributed by atoms with Crippen molar-refractivity contribution in [3.63, 3.8) is 0 Å². The fourth-order valence-corrected chi connectivity index (χ4v) is 2.08. The van der Waals surface area contributed by atoms with E-state index in [2.05, 4.69) is 49.7 Å². The van der Waals surface area contributed by atoms with E-state index in [0.717, 1.165) is 29.1 Å². The van der Waals surface area contributed by atoms with Crippen molar-refractivity contribution in [1.82, 2.24) is 9.97 Å². The Morgan fingerprint density at radius 1 is 1.44 bits per heavy atom. The number of aromatic nitrogens is 2. The number of rotatable bonds is 6. The number of anilines is 2. The summed E-state index contributed by atoms with van der Waals surface area (Å²) in [6, 6.07) is 0. The third-order valence-electron chi connectivity index (χ3n) is 2.27. The van der Waals surface area contributed by atoms with E-state index >= 15 is 0 Å². The Kier molecular flexibility index (Phi) is 5.90. The first-order valence-corrected chi connectivity index (χ1v) is 7.22. The van der Waals surface area contributed by atoms with Crippen LogP contribution >= 0.6 is 27.7 Å². The summed E-state index contributed by atoms with van der Waals surface area (Å²) in [6.07, 6.45) is 4.80. The lowest BCUT2D eigenvalue weighted by Crippen LogP contribution is -2.10. The second-order valence-electron chi connectivity index (χ2n) is 3.40. The molecule has 1 aromatic rings. The highest BCUT2D eigenvalue weighted by Gasteiger charge is 2.07. The Hall–Kier alpha value is -0.490. The maximum absolute atomic E-state index is 4.19. The number of nitrogens with zero attached hydrogens (tertiary/aromatic N) is 2. The normalized spacial score (nSPS) is 12.2. The summed E-state index contributed by atoms with van der Waals surface area (Å²) in [6.45, 7) is 3.14. The quantitative estimate of drug-likeness (QED) is 0.846. The second-order valence-corrected chi connectivity index (χ2v) is 5.47. The van der Waals surface area contributed by atoms with Gasteiger partial charge in [-0.25, -0.2) is 9.97 Å². The van der Waals surface area contributed by atoms with E-state index in [-0.39, 0.29) is 0 Å². The zero-order valence-electron chi connectivity index (χ0n) is 9.75. The average molecular weight is 305 g/mol. The van der Waals surface area contributed by atoms with Crippen LogP contribution in [-0.4, -0.2) is 35.1 Å². The first kappa shape index (κ1) is 13.6. The molecule has 0 saturated carbocycles. The second kappa shape index (κ2) is 6.96. The molecule has 0 aliphatic heterocycles. The van der Waals surface area contributed by atoms with Crippen molar-refractivity contribution in [2.24, 2.45) is 0 Å². The summed E-state index contributed by atoms with van der Waals surface area (Å²) in [4.78, 5) is 8.30. The van der Waals surface area contributed by atoms with Gasteiger partial charge >= 0.3 is 0 Å². The molecule has 0 bridgehead atoms. The van der Waals surface area contributed by atoms with E-state index in [0.29, 0.717) is 5.25 Å². The molecule has 16 heavy (non-hydrogen) atoms. The predicted octanol–water partition coefficient (Wildman–Crippen LogP) is 2.83. The molecule has 0 radical (unpaired) electrons. The van der Waals surface area contributed by atoms with Gasteiger partial charge in [-0.3, -0.25) is 0 Å². The summed E-state index contributed by atoms with van der Waals surface area (Å²) in [5.41, 5.74) is 0. The van der Waals surface area contributed by atoms with Crippen LogP contribution in [0, 0.1) is 0 Å². The SMILES string of the molecule is CNc1ncnc(NCCC(C)SC)c1Br. The minimum atomic E-state index is 0.664. The zero-order valence-corrected chi connectivity index (χ0v) is 12.2. The van der Waals surface area contributed by atoms with Crippen molar-refractivity contribution in [3.05, 3.63) is 10.8 Å². The lowest BCUT2D eigenvalue weighted by atomic mass is 10.3. The molecule has 1 aromatic heterocycles. The predicted molar refractivity (Wildman–Crippen MR) is 75.4 cm³/mol. The summed E-state index contributed by atoms with van der Waals surface area (Å²) in [5.74, 6) is 1.64. The van der Waals surface area contributed by atoms with Gasteiger partial charge in [-0.2, -0.15) is 11.8 Å². The Morgan fingerprint density at radius 2 is 2.12 bits per heavy atom. The van der Waals surface area contributed by atoms with Crippen LogP contribution in [0.2, 0.25) is 0 Å². The van der Waals surface area contributed by atoms with Crippen molar-refractivity contribution in [3.8, 4) is 0 Å². The molecule has 0 aromatic carbocycles. The molecular weight excluding hydrogens is 288 g/mol. The standard InChI is InChI=1S/C10H17BrN4S/c1-7(16-3)4-5-13-10-8(11)9(12-2)14-6-15-10/h6-7H,4-5H2,1-3H3,(H2,12,13,14,15). The van der Waals surface area contributed by atoms with Crippen molar-refractivity contribution in [2.75, 3.05) is 30.5 Å². The lowest BCUT2D eigenvalue weighted by Gasteiger charge is -2.11. The first-order valence-electron chi connectivity index (χ1n) is 5.14. The summed E-state index contributed by atoms with van der Waals surface area (Å²) < 4.78 is 0.884. The topological polar surface area (TPSA) is 49.8 Å². The summed E-state index contributed by atoms with van der Waals surface area (Å²) >= 11 is 5.35. The molecule has 1 heterocycles. The van der Waals surface area contributed by atoms with Gasteiger partial charge in [0.15, 0.2) is 0 Å². The third kappa shape index (κ3) is 3.83. The van der Waals surface area contributed by atoms with Gasteiger partial charge in [0.2, 0.25) is 0 Å². The van der Waals surface area contributed by atoms with Crippen LogP contribution < -0.4 is 10.6 Å². The number of halogens is 1. The van der Waals surface area contributed by atoms with E-state index in [1.54, 1.807) is 6.33 Å². The van der Waals surface area contributed by atoms with Gasteiger partial charge in [-0.15, -0.1) is 0 Å². The molecule has 1 unspecified atom stereocenters. The van der Waals surface area contributed by atoms with Gasteiger partial charge < -0.3 is 10.6 Å². The van der Waals surface area contributed by atoms with Gasteiger partial charge in [-0.05, 0) is 28.6 Å². The molecule has 2 N–H and O–H groups in total. The van der Waals surface area contributed by atoms with E-state index in [4.69, 9.17) is 0 Å². The molecule has 90 valence electrons. The van der Waals surface area contributed by atoms with E-state index in [1.165, 1.54) is 0 Å². The monoisotopic (exact) mass is 304 g/mol.